The number of amides is 1. The number of benzene rings is 3. The summed E-state index contributed by atoms with van der Waals surface area (Å²) in [4.78, 5) is 12.8. The van der Waals surface area contributed by atoms with Crippen molar-refractivity contribution in [3.8, 4) is 22.6 Å². The summed E-state index contributed by atoms with van der Waals surface area (Å²) in [5, 5.41) is 3.92. The van der Waals surface area contributed by atoms with E-state index in [1.165, 1.54) is 0 Å². The fourth-order valence-electron chi connectivity index (χ4n) is 4.13. The predicted molar refractivity (Wildman–Crippen MR) is 138 cm³/mol. The lowest BCUT2D eigenvalue weighted by Gasteiger charge is -2.12. The quantitative estimate of drug-likeness (QED) is 0.300. The van der Waals surface area contributed by atoms with Crippen molar-refractivity contribution in [3.05, 3.63) is 83.6 Å². The number of hydrogen-bond acceptors (Lipinski definition) is 4. The highest BCUT2D eigenvalue weighted by molar-refractivity contribution is 6.05. The van der Waals surface area contributed by atoms with Gasteiger partial charge in [-0.05, 0) is 80.3 Å². The van der Waals surface area contributed by atoms with Crippen molar-refractivity contribution < 1.29 is 18.7 Å². The van der Waals surface area contributed by atoms with Gasteiger partial charge in [-0.2, -0.15) is 0 Å². The molecule has 34 heavy (non-hydrogen) atoms. The first-order valence-corrected chi connectivity index (χ1v) is 11.3. The number of fused-ring (bicyclic) bond motifs is 1. The van der Waals surface area contributed by atoms with Crippen LogP contribution in [0.25, 0.3) is 27.7 Å². The molecule has 174 valence electrons. The summed E-state index contributed by atoms with van der Waals surface area (Å²) in [5.41, 5.74) is 7.35. The molecule has 0 saturated heterocycles. The second-order valence-electron chi connectivity index (χ2n) is 8.35. The largest absolute Gasteiger partial charge is 0.497 e. The van der Waals surface area contributed by atoms with Gasteiger partial charge in [0.1, 0.15) is 17.1 Å². The van der Waals surface area contributed by atoms with Crippen LogP contribution >= 0.6 is 0 Å². The highest BCUT2D eigenvalue weighted by Gasteiger charge is 2.15. The first-order valence-electron chi connectivity index (χ1n) is 11.3. The molecule has 0 aliphatic rings. The number of rotatable bonds is 7. The average Bonchev–Trinajstić information content (AvgIpc) is 3.20. The molecule has 1 heterocycles. The summed E-state index contributed by atoms with van der Waals surface area (Å²) in [6.07, 6.45) is 3.35. The number of carbonyl (C=O) groups is 1. The Kier molecular flexibility index (Phi) is 6.73. The average molecular weight is 456 g/mol. The van der Waals surface area contributed by atoms with Gasteiger partial charge in [-0.15, -0.1) is 0 Å². The van der Waals surface area contributed by atoms with Gasteiger partial charge in [0.05, 0.1) is 20.0 Å². The van der Waals surface area contributed by atoms with E-state index < -0.39 is 0 Å². The number of aryl methyl sites for hydroxylation is 2. The van der Waals surface area contributed by atoms with E-state index >= 15 is 0 Å². The van der Waals surface area contributed by atoms with Crippen molar-refractivity contribution in [1.82, 2.24) is 0 Å². The first-order chi connectivity index (χ1) is 16.4. The minimum absolute atomic E-state index is 0.187. The molecule has 3 aromatic carbocycles. The number of allylic oxidation sites excluding steroid dienone is 1. The molecule has 4 rings (SSSR count). The summed E-state index contributed by atoms with van der Waals surface area (Å²) in [6.45, 7) is 8.38. The Bertz CT molecular complexity index is 1340. The number of nitrogens with one attached hydrogen (secondary N) is 1. The Balaban J connectivity index is 1.71. The van der Waals surface area contributed by atoms with Crippen molar-refractivity contribution in [2.75, 3.05) is 19.0 Å². The molecule has 1 aromatic heterocycles. The number of anilines is 1. The normalized spacial score (nSPS) is 11.5. The van der Waals surface area contributed by atoms with E-state index in [1.54, 1.807) is 19.4 Å². The van der Waals surface area contributed by atoms with Crippen molar-refractivity contribution in [3.63, 3.8) is 0 Å². The molecule has 0 aliphatic carbocycles. The molecule has 1 N–H and O–H groups in total. The van der Waals surface area contributed by atoms with Crippen molar-refractivity contribution in [1.29, 1.82) is 0 Å². The van der Waals surface area contributed by atoms with Gasteiger partial charge in [-0.25, -0.2) is 0 Å². The van der Waals surface area contributed by atoms with Gasteiger partial charge in [0.15, 0.2) is 0 Å². The minimum atomic E-state index is -0.187. The smallest absolute Gasteiger partial charge is 0.248 e. The van der Waals surface area contributed by atoms with Gasteiger partial charge < -0.3 is 19.2 Å². The van der Waals surface area contributed by atoms with Gasteiger partial charge in [0, 0.05) is 34.3 Å². The molecule has 4 aromatic rings. The third-order valence-corrected chi connectivity index (χ3v) is 5.64. The molecule has 0 atom stereocenters. The molecular weight excluding hydrogens is 426 g/mol. The van der Waals surface area contributed by atoms with Crippen LogP contribution in [0.3, 0.4) is 0 Å². The number of ether oxygens (including phenoxy) is 2. The highest BCUT2D eigenvalue weighted by Crippen LogP contribution is 2.38. The van der Waals surface area contributed by atoms with E-state index in [9.17, 15) is 4.79 Å². The molecule has 0 fully saturated rings. The van der Waals surface area contributed by atoms with Crippen LogP contribution < -0.4 is 14.8 Å². The fourth-order valence-corrected chi connectivity index (χ4v) is 4.13. The Morgan fingerprint density at radius 2 is 1.74 bits per heavy atom. The molecule has 0 unspecified atom stereocenters. The maximum Gasteiger partial charge on any atom is 0.248 e. The molecule has 0 radical (unpaired) electrons. The number of hydrogen-bond donors (Lipinski definition) is 1. The predicted octanol–water partition coefficient (Wildman–Crippen LogP) is 7.17. The van der Waals surface area contributed by atoms with E-state index in [2.05, 4.69) is 11.4 Å². The summed E-state index contributed by atoms with van der Waals surface area (Å²) in [7, 11) is 1.65. The molecule has 0 spiro atoms. The Hall–Kier alpha value is -3.99. The van der Waals surface area contributed by atoms with Crippen LogP contribution in [0.1, 0.15) is 30.5 Å². The molecular formula is C29H29NO4. The Morgan fingerprint density at radius 3 is 2.38 bits per heavy atom. The minimum Gasteiger partial charge on any atom is -0.497 e. The molecule has 1 amide bonds. The van der Waals surface area contributed by atoms with E-state index in [0.717, 1.165) is 55.8 Å². The second kappa shape index (κ2) is 9.87. The van der Waals surface area contributed by atoms with Gasteiger partial charge in [-0.3, -0.25) is 4.79 Å². The van der Waals surface area contributed by atoms with Crippen LogP contribution in [0.15, 0.2) is 71.4 Å². The van der Waals surface area contributed by atoms with E-state index in [4.69, 9.17) is 13.9 Å². The summed E-state index contributed by atoms with van der Waals surface area (Å²) < 4.78 is 17.0. The van der Waals surface area contributed by atoms with Crippen LogP contribution in [0, 0.1) is 13.8 Å². The molecule has 0 aliphatic heterocycles. The van der Waals surface area contributed by atoms with Crippen molar-refractivity contribution >= 4 is 28.1 Å². The zero-order valence-corrected chi connectivity index (χ0v) is 20.2. The van der Waals surface area contributed by atoms with Gasteiger partial charge >= 0.3 is 0 Å². The topological polar surface area (TPSA) is 60.7 Å². The standard InChI is InChI=1S/C29H29NO4/c1-6-33-27-16-28-25(26(17-34-28)21-7-9-23(32-5)10-8-21)15-24(27)20(4)14-29(31)30-22-12-18(2)11-19(3)13-22/h7-17H,6H2,1-5H3,(H,30,31)/b20-14+. The molecule has 0 saturated carbocycles. The lowest BCUT2D eigenvalue weighted by atomic mass is 9.99. The second-order valence-corrected chi connectivity index (χ2v) is 8.35. The van der Waals surface area contributed by atoms with Crippen LogP contribution in [0.2, 0.25) is 0 Å². The van der Waals surface area contributed by atoms with E-state index in [0.29, 0.717) is 12.4 Å². The Labute approximate surface area is 200 Å². The van der Waals surface area contributed by atoms with E-state index in [1.807, 2.05) is 76.2 Å². The monoisotopic (exact) mass is 455 g/mol. The maximum atomic E-state index is 12.8. The molecule has 0 bridgehead atoms. The van der Waals surface area contributed by atoms with Crippen LogP contribution in [0.5, 0.6) is 11.5 Å². The van der Waals surface area contributed by atoms with Crippen LogP contribution in [-0.2, 0) is 4.79 Å². The molecule has 5 nitrogen and oxygen atoms in total. The van der Waals surface area contributed by atoms with Crippen molar-refractivity contribution in [2.24, 2.45) is 0 Å². The van der Waals surface area contributed by atoms with Gasteiger partial charge in [-0.1, -0.05) is 18.2 Å². The lowest BCUT2D eigenvalue weighted by Crippen LogP contribution is -2.09. The van der Waals surface area contributed by atoms with Gasteiger partial charge in [0.25, 0.3) is 0 Å². The fraction of sp³-hybridized carbons (Fsp3) is 0.207. The zero-order valence-electron chi connectivity index (χ0n) is 20.2. The highest BCUT2D eigenvalue weighted by atomic mass is 16.5. The first kappa shape index (κ1) is 23.2. The zero-order chi connectivity index (χ0) is 24.2. The van der Waals surface area contributed by atoms with Gasteiger partial charge in [0.2, 0.25) is 5.91 Å². The third kappa shape index (κ3) is 4.99. The van der Waals surface area contributed by atoms with Crippen LogP contribution in [0.4, 0.5) is 5.69 Å². The van der Waals surface area contributed by atoms with E-state index in [-0.39, 0.29) is 5.91 Å². The SMILES string of the molecule is CCOc1cc2occ(-c3ccc(OC)cc3)c2cc1/C(C)=C/C(=O)Nc1cc(C)cc(C)c1. The Morgan fingerprint density at radius 1 is 1.03 bits per heavy atom. The lowest BCUT2D eigenvalue weighted by molar-refractivity contribution is -0.111. The number of carbonyl (C=O) groups excluding carboxylic acids is 1. The summed E-state index contributed by atoms with van der Waals surface area (Å²) >= 11 is 0. The van der Waals surface area contributed by atoms with Crippen LogP contribution in [-0.4, -0.2) is 19.6 Å². The maximum absolute atomic E-state index is 12.8. The summed E-state index contributed by atoms with van der Waals surface area (Å²) in [5.74, 6) is 1.29. The number of furan rings is 1. The summed E-state index contributed by atoms with van der Waals surface area (Å²) in [6, 6.07) is 17.7. The van der Waals surface area contributed by atoms with Crippen molar-refractivity contribution in [2.45, 2.75) is 27.7 Å². The third-order valence-electron chi connectivity index (χ3n) is 5.64. The molecule has 5 heteroatoms. The number of methoxy groups -OCH3 is 1.